The summed E-state index contributed by atoms with van der Waals surface area (Å²) >= 11 is 13.0. The van der Waals surface area contributed by atoms with Crippen LogP contribution in [-0.2, 0) is 14.3 Å². The normalized spacial score (nSPS) is 20.9. The molecule has 0 radical (unpaired) electrons. The predicted octanol–water partition coefficient (Wildman–Crippen LogP) is 4.38. The lowest BCUT2D eigenvalue weighted by atomic mass is 10.0. The number of hydrogen-bond donors (Lipinski definition) is 2. The monoisotopic (exact) mass is 520 g/mol. The van der Waals surface area contributed by atoms with Crippen molar-refractivity contribution in [2.75, 3.05) is 18.2 Å². The molecule has 1 aliphatic rings. The number of hydrogen-bond acceptors (Lipinski definition) is 7. The fraction of sp³-hybridized carbons (Fsp3) is 0.304. The summed E-state index contributed by atoms with van der Waals surface area (Å²) in [5.74, 6) is 0.421. The molecule has 0 saturated heterocycles. The van der Waals surface area contributed by atoms with Gasteiger partial charge in [0.2, 0.25) is 0 Å². The molecule has 11 heteroatoms. The topological polar surface area (TPSA) is 106 Å². The third-order valence-electron chi connectivity index (χ3n) is 6.07. The maximum Gasteiger partial charge on any atom is 0.264 e. The highest BCUT2D eigenvalue weighted by atomic mass is 35.5. The Bertz CT molecular complexity index is 1490. The minimum Gasteiger partial charge on any atom is -0.393 e. The van der Waals surface area contributed by atoms with Crippen LogP contribution in [0.15, 0.2) is 48.7 Å². The molecule has 0 bridgehead atoms. The van der Waals surface area contributed by atoms with Gasteiger partial charge >= 0.3 is 0 Å². The van der Waals surface area contributed by atoms with Crippen LogP contribution in [0, 0.1) is 5.92 Å². The highest BCUT2D eigenvalue weighted by Gasteiger charge is 2.34. The number of aromatic nitrogens is 3. The first-order chi connectivity index (χ1) is 16.2. The zero-order valence-electron chi connectivity index (χ0n) is 18.1. The van der Waals surface area contributed by atoms with E-state index in [4.69, 9.17) is 32.5 Å². The molecule has 2 aromatic carbocycles. The van der Waals surface area contributed by atoms with Gasteiger partial charge in [-0.2, -0.15) is 18.0 Å². The average molecular weight is 521 g/mol. The van der Waals surface area contributed by atoms with Crippen molar-refractivity contribution in [1.82, 2.24) is 14.6 Å². The molecule has 1 fully saturated rings. The second kappa shape index (κ2) is 8.98. The van der Waals surface area contributed by atoms with Crippen LogP contribution in [0.2, 0.25) is 10.0 Å². The molecule has 3 atom stereocenters. The Morgan fingerprint density at radius 1 is 1.15 bits per heavy atom. The van der Waals surface area contributed by atoms with Gasteiger partial charge in [-0.15, -0.1) is 0 Å². The van der Waals surface area contributed by atoms with Crippen molar-refractivity contribution in [3.8, 4) is 11.3 Å². The lowest BCUT2D eigenvalue weighted by molar-refractivity contribution is 0.101. The number of aliphatic hydroxyl groups is 1. The van der Waals surface area contributed by atoms with Crippen LogP contribution in [0.4, 0.5) is 5.82 Å². The van der Waals surface area contributed by atoms with E-state index in [2.05, 4.69) is 10.3 Å². The molecule has 1 saturated carbocycles. The zero-order chi connectivity index (χ0) is 24.0. The number of aliphatic hydroxyl groups excluding tert-OH is 1. The van der Waals surface area contributed by atoms with Gasteiger partial charge in [-0.3, -0.25) is 4.18 Å². The number of nitrogens with zero attached hydrogens (tertiary/aromatic N) is 3. The summed E-state index contributed by atoms with van der Waals surface area (Å²) in [5, 5.41) is 21.4. The molecule has 2 aromatic heterocycles. The molecule has 34 heavy (non-hydrogen) atoms. The highest BCUT2D eigenvalue weighted by molar-refractivity contribution is 7.85. The fourth-order valence-corrected chi connectivity index (χ4v) is 5.57. The van der Waals surface area contributed by atoms with E-state index in [1.165, 1.54) is 0 Å². The molecule has 0 aliphatic heterocycles. The number of benzene rings is 2. The number of fused-ring (bicyclic) bond motifs is 2. The molecule has 0 amide bonds. The largest absolute Gasteiger partial charge is 0.393 e. The van der Waals surface area contributed by atoms with Gasteiger partial charge in [0.1, 0.15) is 5.82 Å². The second-order valence-corrected chi connectivity index (χ2v) is 11.0. The molecular formula is C23H22Cl2N4O4S. The van der Waals surface area contributed by atoms with Crippen molar-refractivity contribution in [2.45, 2.75) is 25.0 Å². The van der Waals surface area contributed by atoms with E-state index in [0.717, 1.165) is 22.6 Å². The van der Waals surface area contributed by atoms with Crippen LogP contribution in [0.25, 0.3) is 27.7 Å². The van der Waals surface area contributed by atoms with Crippen molar-refractivity contribution in [3.05, 3.63) is 58.7 Å². The van der Waals surface area contributed by atoms with E-state index in [0.29, 0.717) is 40.0 Å². The molecule has 2 heterocycles. The van der Waals surface area contributed by atoms with E-state index < -0.39 is 16.2 Å². The van der Waals surface area contributed by atoms with Gasteiger partial charge in [-0.1, -0.05) is 47.5 Å². The third-order valence-corrected chi connectivity index (χ3v) is 7.24. The SMILES string of the molecule is CS(=O)(=O)OCC1CC(Nc2ccnc3cc(-c4c(Cl)cc(Cl)c5ccccc45)nn23)CC1O. The minimum absolute atomic E-state index is 0.0437. The molecular weight excluding hydrogens is 499 g/mol. The maximum atomic E-state index is 11.3. The van der Waals surface area contributed by atoms with Crippen molar-refractivity contribution >= 4 is 55.6 Å². The van der Waals surface area contributed by atoms with Crippen LogP contribution in [0.3, 0.4) is 0 Å². The Kier molecular flexibility index (Phi) is 6.16. The molecule has 1 aliphatic carbocycles. The first-order valence-electron chi connectivity index (χ1n) is 10.7. The van der Waals surface area contributed by atoms with E-state index in [-0.39, 0.29) is 18.6 Å². The summed E-state index contributed by atoms with van der Waals surface area (Å²) in [4.78, 5) is 4.43. The van der Waals surface area contributed by atoms with E-state index in [1.54, 1.807) is 22.8 Å². The number of rotatable bonds is 6. The Labute approximate surface area is 206 Å². The first-order valence-corrected chi connectivity index (χ1v) is 13.3. The van der Waals surface area contributed by atoms with Crippen LogP contribution < -0.4 is 5.32 Å². The number of anilines is 1. The molecule has 5 rings (SSSR count). The van der Waals surface area contributed by atoms with Crippen LogP contribution in [0.5, 0.6) is 0 Å². The van der Waals surface area contributed by atoms with Crippen molar-refractivity contribution in [2.24, 2.45) is 5.92 Å². The highest BCUT2D eigenvalue weighted by Crippen LogP contribution is 2.39. The van der Waals surface area contributed by atoms with Crippen LogP contribution in [-0.4, -0.2) is 53.1 Å². The molecule has 8 nitrogen and oxygen atoms in total. The standard InChI is InChI=1S/C23H22Cl2N4O4S/c1-34(31,32)33-12-13-8-14(9-20(13)30)27-21-6-7-26-22-11-19(28-29(21)22)23-16-5-3-2-4-15(16)17(24)10-18(23)25/h2-7,10-11,13-14,20,27,30H,8-9,12H2,1H3. The van der Waals surface area contributed by atoms with Gasteiger partial charge < -0.3 is 10.4 Å². The summed E-state index contributed by atoms with van der Waals surface area (Å²) < 4.78 is 29.2. The minimum atomic E-state index is -3.56. The van der Waals surface area contributed by atoms with Gasteiger partial charge in [0.05, 0.1) is 29.7 Å². The van der Waals surface area contributed by atoms with E-state index in [9.17, 15) is 13.5 Å². The van der Waals surface area contributed by atoms with E-state index in [1.807, 2.05) is 30.3 Å². The predicted molar refractivity (Wildman–Crippen MR) is 133 cm³/mol. The molecule has 4 aromatic rings. The Morgan fingerprint density at radius 3 is 2.68 bits per heavy atom. The van der Waals surface area contributed by atoms with Gasteiger partial charge in [0.25, 0.3) is 10.1 Å². The average Bonchev–Trinajstić information content (AvgIpc) is 3.35. The third kappa shape index (κ3) is 4.58. The van der Waals surface area contributed by atoms with Gasteiger partial charge in [0.15, 0.2) is 5.65 Å². The molecule has 2 N–H and O–H groups in total. The molecule has 0 spiro atoms. The van der Waals surface area contributed by atoms with Crippen LogP contribution in [0.1, 0.15) is 12.8 Å². The number of halogens is 2. The van der Waals surface area contributed by atoms with Gasteiger partial charge in [-0.25, -0.2) is 4.98 Å². The Balaban J connectivity index is 1.45. The van der Waals surface area contributed by atoms with Crippen LogP contribution >= 0.6 is 23.2 Å². The van der Waals surface area contributed by atoms with Gasteiger partial charge in [0, 0.05) is 40.2 Å². The summed E-state index contributed by atoms with van der Waals surface area (Å²) in [6.45, 7) is -0.0437. The Morgan fingerprint density at radius 2 is 1.91 bits per heavy atom. The molecule has 178 valence electrons. The quantitative estimate of drug-likeness (QED) is 0.363. The van der Waals surface area contributed by atoms with Crippen molar-refractivity contribution in [1.29, 1.82) is 0 Å². The lowest BCUT2D eigenvalue weighted by Gasteiger charge is -2.15. The lowest BCUT2D eigenvalue weighted by Crippen LogP contribution is -2.20. The first kappa shape index (κ1) is 23.3. The molecule has 3 unspecified atom stereocenters. The van der Waals surface area contributed by atoms with Crippen molar-refractivity contribution < 1.29 is 17.7 Å². The van der Waals surface area contributed by atoms with Gasteiger partial charge in [-0.05, 0) is 30.4 Å². The van der Waals surface area contributed by atoms with E-state index >= 15 is 0 Å². The second-order valence-electron chi connectivity index (χ2n) is 8.52. The number of nitrogens with one attached hydrogen (secondary N) is 1. The smallest absolute Gasteiger partial charge is 0.264 e. The zero-order valence-corrected chi connectivity index (χ0v) is 20.5. The summed E-state index contributed by atoms with van der Waals surface area (Å²) in [5.41, 5.74) is 2.06. The summed E-state index contributed by atoms with van der Waals surface area (Å²) in [7, 11) is -3.56. The van der Waals surface area contributed by atoms with Crippen molar-refractivity contribution in [3.63, 3.8) is 0 Å². The fourth-order valence-electron chi connectivity index (χ4n) is 4.51. The Hall–Kier alpha value is -2.43. The maximum absolute atomic E-state index is 11.3. The summed E-state index contributed by atoms with van der Waals surface area (Å²) in [6, 6.07) is 13.0. The summed E-state index contributed by atoms with van der Waals surface area (Å²) in [6.07, 6.45) is 3.04.